The number of anilines is 1. The first-order chi connectivity index (χ1) is 12.4. The third-order valence-electron chi connectivity index (χ3n) is 4.35. The molecule has 2 aromatic rings. The number of carbonyl (C=O) groups excluding carboxylic acids is 1. The van der Waals surface area contributed by atoms with E-state index in [1.807, 2.05) is 27.0 Å². The number of ether oxygens (including phenoxy) is 1. The molecule has 0 saturated carbocycles. The van der Waals surface area contributed by atoms with Crippen molar-refractivity contribution in [1.29, 1.82) is 0 Å². The Morgan fingerprint density at radius 1 is 1.46 bits per heavy atom. The molecule has 1 atom stereocenters. The molecular formula is C18H27N5O3. The molecule has 3 N–H and O–H groups in total. The molecule has 0 aliphatic carbocycles. The molecule has 1 saturated heterocycles. The number of nitrogens with zero attached hydrogens (tertiary/aromatic N) is 3. The van der Waals surface area contributed by atoms with E-state index in [9.17, 15) is 9.90 Å². The van der Waals surface area contributed by atoms with Gasteiger partial charge in [0, 0.05) is 31.9 Å². The van der Waals surface area contributed by atoms with Gasteiger partial charge in [-0.05, 0) is 45.6 Å². The first-order valence-corrected chi connectivity index (χ1v) is 9.03. The molecule has 1 aliphatic rings. The van der Waals surface area contributed by atoms with Crippen LogP contribution in [0.15, 0.2) is 12.5 Å². The molecule has 8 nitrogen and oxygen atoms in total. The van der Waals surface area contributed by atoms with Gasteiger partial charge >= 0.3 is 6.09 Å². The Morgan fingerprint density at radius 3 is 3.00 bits per heavy atom. The number of H-pyrrole nitrogens is 1. The molecule has 3 rings (SSSR count). The zero-order chi connectivity index (χ0) is 18.7. The van der Waals surface area contributed by atoms with Crippen molar-refractivity contribution in [3.05, 3.63) is 18.1 Å². The number of rotatable bonds is 4. The Labute approximate surface area is 153 Å². The number of amides is 1. The Balaban J connectivity index is 1.74. The maximum Gasteiger partial charge on any atom is 0.410 e. The van der Waals surface area contributed by atoms with Crippen LogP contribution in [-0.2, 0) is 11.2 Å². The minimum Gasteiger partial charge on any atom is -0.444 e. The number of hydrogen-bond donors (Lipinski definition) is 3. The molecule has 0 radical (unpaired) electrons. The zero-order valence-electron chi connectivity index (χ0n) is 15.6. The van der Waals surface area contributed by atoms with Gasteiger partial charge in [-0.3, -0.25) is 0 Å². The molecular weight excluding hydrogens is 334 g/mol. The maximum absolute atomic E-state index is 12.3. The predicted octanol–water partition coefficient (Wildman–Crippen LogP) is 2.30. The normalized spacial score (nSPS) is 18.2. The van der Waals surface area contributed by atoms with Crippen molar-refractivity contribution in [1.82, 2.24) is 19.9 Å². The molecule has 2 aromatic heterocycles. The van der Waals surface area contributed by atoms with Gasteiger partial charge in [0.1, 0.15) is 23.4 Å². The summed E-state index contributed by atoms with van der Waals surface area (Å²) in [6.45, 7) is 6.95. The van der Waals surface area contributed by atoms with Crippen LogP contribution in [0.5, 0.6) is 0 Å². The topological polar surface area (TPSA) is 103 Å². The predicted molar refractivity (Wildman–Crippen MR) is 99.1 cm³/mol. The van der Waals surface area contributed by atoms with Crippen molar-refractivity contribution in [2.75, 3.05) is 25.0 Å². The molecule has 0 unspecified atom stereocenters. The highest BCUT2D eigenvalue weighted by Gasteiger charge is 2.28. The number of carbonyl (C=O) groups is 1. The smallest absolute Gasteiger partial charge is 0.410 e. The zero-order valence-corrected chi connectivity index (χ0v) is 15.6. The summed E-state index contributed by atoms with van der Waals surface area (Å²) in [5, 5.41) is 13.6. The molecule has 142 valence electrons. The summed E-state index contributed by atoms with van der Waals surface area (Å²) in [7, 11) is 0. The lowest BCUT2D eigenvalue weighted by Crippen LogP contribution is -2.47. The Morgan fingerprint density at radius 2 is 2.27 bits per heavy atom. The van der Waals surface area contributed by atoms with Gasteiger partial charge in [-0.1, -0.05) is 0 Å². The molecule has 3 heterocycles. The fourth-order valence-corrected chi connectivity index (χ4v) is 3.23. The number of nitrogens with one attached hydrogen (secondary N) is 2. The van der Waals surface area contributed by atoms with E-state index in [0.29, 0.717) is 19.5 Å². The molecule has 0 bridgehead atoms. The fourth-order valence-electron chi connectivity index (χ4n) is 3.23. The van der Waals surface area contributed by atoms with Crippen molar-refractivity contribution in [2.24, 2.45) is 0 Å². The van der Waals surface area contributed by atoms with Gasteiger partial charge < -0.3 is 25.0 Å². The lowest BCUT2D eigenvalue weighted by molar-refractivity contribution is 0.0206. The van der Waals surface area contributed by atoms with E-state index in [-0.39, 0.29) is 18.7 Å². The van der Waals surface area contributed by atoms with Crippen molar-refractivity contribution in [3.63, 3.8) is 0 Å². The maximum atomic E-state index is 12.3. The minimum atomic E-state index is -0.499. The highest BCUT2D eigenvalue weighted by Crippen LogP contribution is 2.26. The second-order valence-electron chi connectivity index (χ2n) is 7.64. The van der Waals surface area contributed by atoms with E-state index < -0.39 is 5.60 Å². The van der Waals surface area contributed by atoms with Gasteiger partial charge in [0.2, 0.25) is 0 Å². The van der Waals surface area contributed by atoms with E-state index in [1.54, 1.807) is 4.90 Å². The van der Waals surface area contributed by atoms with Crippen LogP contribution in [-0.4, -0.2) is 62.4 Å². The average Bonchev–Trinajstić information content (AvgIpc) is 2.98. The summed E-state index contributed by atoms with van der Waals surface area (Å²) >= 11 is 0. The summed E-state index contributed by atoms with van der Waals surface area (Å²) in [4.78, 5) is 25.8. The molecule has 0 spiro atoms. The Kier molecular flexibility index (Phi) is 5.31. The van der Waals surface area contributed by atoms with Crippen molar-refractivity contribution < 1.29 is 14.6 Å². The quantitative estimate of drug-likeness (QED) is 0.772. The lowest BCUT2D eigenvalue weighted by Gasteiger charge is -2.34. The number of fused-ring (bicyclic) bond motifs is 1. The van der Waals surface area contributed by atoms with E-state index in [1.165, 1.54) is 6.33 Å². The van der Waals surface area contributed by atoms with Gasteiger partial charge in [0.05, 0.1) is 5.39 Å². The first-order valence-electron chi connectivity index (χ1n) is 9.03. The average molecular weight is 361 g/mol. The van der Waals surface area contributed by atoms with E-state index in [2.05, 4.69) is 20.3 Å². The van der Waals surface area contributed by atoms with Crippen LogP contribution in [0.1, 0.15) is 39.2 Å². The highest BCUT2D eigenvalue weighted by molar-refractivity contribution is 5.90. The standard InChI is InChI=1S/C18H27N5O3/c1-18(2,3)26-17(25)23-7-4-5-13(10-23)22-16-14-12(6-8-24)9-19-15(14)20-11-21-16/h9,11,13,24H,4-8,10H2,1-3H3,(H2,19,20,21,22)/t13-/m1/s1. The van der Waals surface area contributed by atoms with E-state index in [0.717, 1.165) is 35.3 Å². The van der Waals surface area contributed by atoms with Gasteiger partial charge in [-0.15, -0.1) is 0 Å². The van der Waals surface area contributed by atoms with Crippen molar-refractivity contribution >= 4 is 22.9 Å². The molecule has 1 fully saturated rings. The number of aliphatic hydroxyl groups excluding tert-OH is 1. The molecule has 1 amide bonds. The molecule has 0 aromatic carbocycles. The summed E-state index contributed by atoms with van der Waals surface area (Å²) in [5.74, 6) is 0.732. The van der Waals surface area contributed by atoms with Crippen LogP contribution in [0, 0.1) is 0 Å². The second-order valence-corrected chi connectivity index (χ2v) is 7.64. The minimum absolute atomic E-state index is 0.0666. The van der Waals surface area contributed by atoms with Crippen LogP contribution >= 0.6 is 0 Å². The van der Waals surface area contributed by atoms with Crippen LogP contribution in [0.3, 0.4) is 0 Å². The van der Waals surface area contributed by atoms with Gasteiger partial charge in [-0.2, -0.15) is 0 Å². The summed E-state index contributed by atoms with van der Waals surface area (Å²) in [5.41, 5.74) is 1.22. The van der Waals surface area contributed by atoms with Crippen LogP contribution in [0.25, 0.3) is 11.0 Å². The number of hydrogen-bond acceptors (Lipinski definition) is 6. The van der Waals surface area contributed by atoms with Crippen LogP contribution in [0.4, 0.5) is 10.6 Å². The number of aromatic nitrogens is 3. The number of aliphatic hydroxyl groups is 1. The second kappa shape index (κ2) is 7.49. The number of piperidine rings is 1. The van der Waals surface area contributed by atoms with Crippen molar-refractivity contribution in [2.45, 2.75) is 51.7 Å². The third-order valence-corrected chi connectivity index (χ3v) is 4.35. The van der Waals surface area contributed by atoms with Gasteiger partial charge in [0.15, 0.2) is 0 Å². The van der Waals surface area contributed by atoms with Gasteiger partial charge in [-0.25, -0.2) is 14.8 Å². The van der Waals surface area contributed by atoms with Crippen molar-refractivity contribution in [3.8, 4) is 0 Å². The Bertz CT molecular complexity index is 768. The largest absolute Gasteiger partial charge is 0.444 e. The summed E-state index contributed by atoms with van der Waals surface area (Å²) < 4.78 is 5.49. The van der Waals surface area contributed by atoms with E-state index in [4.69, 9.17) is 4.74 Å². The fraction of sp³-hybridized carbons (Fsp3) is 0.611. The highest BCUT2D eigenvalue weighted by atomic mass is 16.6. The Hall–Kier alpha value is -2.35. The lowest BCUT2D eigenvalue weighted by atomic mass is 10.1. The molecule has 26 heavy (non-hydrogen) atoms. The monoisotopic (exact) mass is 361 g/mol. The van der Waals surface area contributed by atoms with Crippen LogP contribution < -0.4 is 5.32 Å². The summed E-state index contributed by atoms with van der Waals surface area (Å²) in [6.07, 6.45) is 5.48. The number of likely N-dealkylation sites (tertiary alicyclic amines) is 1. The first kappa shape index (κ1) is 18.4. The van der Waals surface area contributed by atoms with Crippen LogP contribution in [0.2, 0.25) is 0 Å². The number of aromatic amines is 1. The molecule has 8 heteroatoms. The van der Waals surface area contributed by atoms with E-state index >= 15 is 0 Å². The summed E-state index contributed by atoms with van der Waals surface area (Å²) in [6, 6.07) is 0.0891. The molecule has 1 aliphatic heterocycles. The van der Waals surface area contributed by atoms with Gasteiger partial charge in [0.25, 0.3) is 0 Å². The third kappa shape index (κ3) is 4.24. The SMILES string of the molecule is CC(C)(C)OC(=O)N1CCC[C@@H](Nc2ncnc3[nH]cc(CCO)c23)C1.